The Bertz CT molecular complexity index is 477. The Morgan fingerprint density at radius 2 is 1.83 bits per heavy atom. The summed E-state index contributed by atoms with van der Waals surface area (Å²) < 4.78 is 0. The normalized spacial score (nSPS) is 20.6. The van der Waals surface area contributed by atoms with Crippen molar-refractivity contribution >= 4 is 5.97 Å². The van der Waals surface area contributed by atoms with E-state index in [-0.39, 0.29) is 0 Å². The predicted octanol–water partition coefficient (Wildman–Crippen LogP) is 4.51. The molecule has 4 heteroatoms. The molecule has 1 aliphatic rings. The number of carbonyl (C=O) groups is 1. The number of carboxylic acid groups (broad SMARTS) is 1. The van der Waals surface area contributed by atoms with Gasteiger partial charge in [-0.3, -0.25) is 4.79 Å². The molecule has 2 atom stereocenters. The zero-order valence-corrected chi connectivity index (χ0v) is 14.6. The lowest BCUT2D eigenvalue weighted by molar-refractivity contribution is -0.137. The van der Waals surface area contributed by atoms with Crippen LogP contribution in [0.2, 0.25) is 0 Å². The summed E-state index contributed by atoms with van der Waals surface area (Å²) in [6, 6.07) is 10.6. The lowest BCUT2D eigenvalue weighted by Crippen LogP contribution is -2.32. The van der Waals surface area contributed by atoms with E-state index in [0.717, 1.165) is 44.4 Å². The van der Waals surface area contributed by atoms with E-state index in [1.54, 1.807) is 5.06 Å². The second-order valence-corrected chi connectivity index (χ2v) is 7.08. The quantitative estimate of drug-likeness (QED) is 0.462. The molecule has 24 heavy (non-hydrogen) atoms. The molecule has 0 saturated heterocycles. The molecule has 2 rings (SSSR count). The fraction of sp³-hybridized carbons (Fsp3) is 0.650. The Labute approximate surface area is 145 Å². The maximum Gasteiger partial charge on any atom is 0.303 e. The number of benzene rings is 1. The maximum absolute atomic E-state index is 10.5. The first-order valence-corrected chi connectivity index (χ1v) is 9.36. The van der Waals surface area contributed by atoms with Crippen molar-refractivity contribution in [1.82, 2.24) is 5.06 Å². The van der Waals surface area contributed by atoms with Gasteiger partial charge < -0.3 is 10.3 Å². The third-order valence-electron chi connectivity index (χ3n) is 5.16. The van der Waals surface area contributed by atoms with Crippen LogP contribution in [0.3, 0.4) is 0 Å². The first-order valence-electron chi connectivity index (χ1n) is 9.36. The Hall–Kier alpha value is -1.39. The van der Waals surface area contributed by atoms with Crippen LogP contribution in [0, 0.1) is 5.92 Å². The molecular weight excluding hydrogens is 302 g/mol. The van der Waals surface area contributed by atoms with E-state index < -0.39 is 5.97 Å². The molecule has 1 saturated carbocycles. The number of rotatable bonds is 11. The monoisotopic (exact) mass is 333 g/mol. The predicted molar refractivity (Wildman–Crippen MR) is 95.1 cm³/mol. The molecule has 134 valence electrons. The maximum atomic E-state index is 10.5. The van der Waals surface area contributed by atoms with E-state index in [9.17, 15) is 10.0 Å². The molecule has 1 aliphatic carbocycles. The van der Waals surface area contributed by atoms with E-state index in [0.29, 0.717) is 19.0 Å². The Morgan fingerprint density at radius 3 is 2.58 bits per heavy atom. The molecule has 0 amide bonds. The first-order chi connectivity index (χ1) is 11.6. The van der Waals surface area contributed by atoms with Gasteiger partial charge in [-0.2, -0.15) is 5.06 Å². The second-order valence-electron chi connectivity index (χ2n) is 7.08. The van der Waals surface area contributed by atoms with Crippen LogP contribution in [-0.4, -0.2) is 33.9 Å². The molecular formula is C20H31NO3. The van der Waals surface area contributed by atoms with Gasteiger partial charge in [0.1, 0.15) is 0 Å². The molecule has 2 unspecified atom stereocenters. The van der Waals surface area contributed by atoms with Gasteiger partial charge in [0, 0.05) is 19.0 Å². The molecule has 1 aromatic carbocycles. The summed E-state index contributed by atoms with van der Waals surface area (Å²) in [5.41, 5.74) is 1.27. The molecule has 1 fully saturated rings. The highest BCUT2D eigenvalue weighted by atomic mass is 16.5. The van der Waals surface area contributed by atoms with Crippen molar-refractivity contribution in [3.05, 3.63) is 35.9 Å². The highest BCUT2D eigenvalue weighted by Crippen LogP contribution is 2.32. The van der Waals surface area contributed by atoms with Gasteiger partial charge in [-0.1, -0.05) is 56.0 Å². The van der Waals surface area contributed by atoms with Crippen molar-refractivity contribution in [2.24, 2.45) is 5.92 Å². The number of nitrogens with zero attached hydrogens (tertiary/aromatic N) is 1. The zero-order chi connectivity index (χ0) is 17.2. The summed E-state index contributed by atoms with van der Waals surface area (Å²) in [5.74, 6) is 0.0352. The Balaban J connectivity index is 1.56. The molecule has 1 aromatic rings. The average Bonchev–Trinajstić information content (AvgIpc) is 3.05. The SMILES string of the molecule is O=C(O)CCCCCCC1CCC(N(O)CCc2ccccc2)C1. The third kappa shape index (κ3) is 7.02. The molecule has 0 bridgehead atoms. The first kappa shape index (κ1) is 18.9. The third-order valence-corrected chi connectivity index (χ3v) is 5.16. The summed E-state index contributed by atoms with van der Waals surface area (Å²) in [5, 5.41) is 20.5. The minimum atomic E-state index is -0.688. The molecule has 2 N–H and O–H groups in total. The van der Waals surface area contributed by atoms with Gasteiger partial charge in [0.15, 0.2) is 0 Å². The highest BCUT2D eigenvalue weighted by Gasteiger charge is 2.28. The van der Waals surface area contributed by atoms with Crippen molar-refractivity contribution in [2.75, 3.05) is 6.54 Å². The van der Waals surface area contributed by atoms with E-state index in [4.69, 9.17) is 5.11 Å². The lowest BCUT2D eigenvalue weighted by Gasteiger charge is -2.22. The molecule has 0 spiro atoms. The van der Waals surface area contributed by atoms with Gasteiger partial charge in [-0.25, -0.2) is 0 Å². The van der Waals surface area contributed by atoms with Crippen molar-refractivity contribution < 1.29 is 15.1 Å². The topological polar surface area (TPSA) is 60.8 Å². The minimum absolute atomic E-state index is 0.298. The van der Waals surface area contributed by atoms with Gasteiger partial charge in [0.2, 0.25) is 0 Å². The van der Waals surface area contributed by atoms with Crippen LogP contribution in [0.15, 0.2) is 30.3 Å². The summed E-state index contributed by atoms with van der Waals surface area (Å²) in [4.78, 5) is 10.5. The number of hydroxylamine groups is 2. The summed E-state index contributed by atoms with van der Waals surface area (Å²) in [6.07, 6.45) is 9.94. The number of aliphatic carboxylic acids is 1. The van der Waals surface area contributed by atoms with Gasteiger partial charge >= 0.3 is 5.97 Å². The number of unbranched alkanes of at least 4 members (excludes halogenated alkanes) is 3. The van der Waals surface area contributed by atoms with Crippen LogP contribution < -0.4 is 0 Å². The Kier molecular flexibility index (Phi) is 8.26. The van der Waals surface area contributed by atoms with Crippen LogP contribution in [0.5, 0.6) is 0 Å². The smallest absolute Gasteiger partial charge is 0.303 e. The average molecular weight is 333 g/mol. The van der Waals surface area contributed by atoms with Crippen LogP contribution in [-0.2, 0) is 11.2 Å². The minimum Gasteiger partial charge on any atom is -0.481 e. The highest BCUT2D eigenvalue weighted by molar-refractivity contribution is 5.66. The molecule has 0 heterocycles. The summed E-state index contributed by atoms with van der Waals surface area (Å²) in [7, 11) is 0. The second kappa shape index (κ2) is 10.5. The summed E-state index contributed by atoms with van der Waals surface area (Å²) in [6.45, 7) is 0.705. The lowest BCUT2D eigenvalue weighted by atomic mass is 9.99. The van der Waals surface area contributed by atoms with Crippen LogP contribution in [0.25, 0.3) is 0 Å². The molecule has 4 nitrogen and oxygen atoms in total. The van der Waals surface area contributed by atoms with E-state index in [1.165, 1.54) is 24.8 Å². The molecule has 0 radical (unpaired) electrons. The number of carboxylic acids is 1. The van der Waals surface area contributed by atoms with Gasteiger partial charge in [0.25, 0.3) is 0 Å². The fourth-order valence-electron chi connectivity index (χ4n) is 3.72. The fourth-order valence-corrected chi connectivity index (χ4v) is 3.72. The van der Waals surface area contributed by atoms with Gasteiger partial charge in [-0.05, 0) is 43.6 Å². The van der Waals surface area contributed by atoms with Gasteiger partial charge in [0.05, 0.1) is 0 Å². The standard InChI is InChI=1S/C20H31NO3/c22-20(23)11-7-2-1-4-10-18-12-13-19(16-18)21(24)15-14-17-8-5-3-6-9-17/h3,5-6,8-9,18-19,24H,1-2,4,7,10-16H2,(H,22,23). The van der Waals surface area contributed by atoms with Crippen molar-refractivity contribution in [2.45, 2.75) is 70.3 Å². The Morgan fingerprint density at radius 1 is 1.08 bits per heavy atom. The molecule has 0 aromatic heterocycles. The summed E-state index contributed by atoms with van der Waals surface area (Å²) >= 11 is 0. The van der Waals surface area contributed by atoms with E-state index in [2.05, 4.69) is 12.1 Å². The van der Waals surface area contributed by atoms with Crippen molar-refractivity contribution in [1.29, 1.82) is 0 Å². The van der Waals surface area contributed by atoms with Crippen molar-refractivity contribution in [3.63, 3.8) is 0 Å². The van der Waals surface area contributed by atoms with E-state index >= 15 is 0 Å². The van der Waals surface area contributed by atoms with E-state index in [1.807, 2.05) is 18.2 Å². The van der Waals surface area contributed by atoms with Gasteiger partial charge in [-0.15, -0.1) is 0 Å². The number of hydrogen-bond donors (Lipinski definition) is 2. The van der Waals surface area contributed by atoms with Crippen LogP contribution in [0.1, 0.15) is 63.4 Å². The van der Waals surface area contributed by atoms with Crippen molar-refractivity contribution in [3.8, 4) is 0 Å². The zero-order valence-electron chi connectivity index (χ0n) is 14.6. The van der Waals surface area contributed by atoms with Crippen LogP contribution in [0.4, 0.5) is 0 Å². The number of hydrogen-bond acceptors (Lipinski definition) is 3. The largest absolute Gasteiger partial charge is 0.481 e. The van der Waals surface area contributed by atoms with Crippen LogP contribution >= 0.6 is 0 Å². The molecule has 0 aliphatic heterocycles.